The molecule has 0 saturated heterocycles. The first-order chi connectivity index (χ1) is 14.1. The van der Waals surface area contributed by atoms with Gasteiger partial charge < -0.3 is 10.2 Å². The van der Waals surface area contributed by atoms with Crippen LogP contribution in [0.15, 0.2) is 11.6 Å². The summed E-state index contributed by atoms with van der Waals surface area (Å²) in [7, 11) is 0. The molecule has 3 fully saturated rings. The lowest BCUT2D eigenvalue weighted by Crippen LogP contribution is -2.60. The summed E-state index contributed by atoms with van der Waals surface area (Å²) in [6.07, 6.45) is 10.2. The van der Waals surface area contributed by atoms with Crippen molar-refractivity contribution in [1.82, 2.24) is 0 Å². The van der Waals surface area contributed by atoms with Crippen molar-refractivity contribution in [2.24, 2.45) is 46.3 Å². The first-order valence-electron chi connectivity index (χ1n) is 12.7. The molecule has 0 aromatic carbocycles. The Bertz CT molecular complexity index is 696. The number of aliphatic hydroxyl groups is 2. The normalized spacial score (nSPS) is 46.8. The van der Waals surface area contributed by atoms with Gasteiger partial charge in [0.1, 0.15) is 0 Å². The summed E-state index contributed by atoms with van der Waals surface area (Å²) >= 11 is 0. The van der Waals surface area contributed by atoms with E-state index in [9.17, 15) is 15.0 Å². The van der Waals surface area contributed by atoms with Gasteiger partial charge in [-0.1, -0.05) is 59.5 Å². The van der Waals surface area contributed by atoms with Gasteiger partial charge in [0.15, 0.2) is 5.78 Å². The zero-order valence-electron chi connectivity index (χ0n) is 19.9. The van der Waals surface area contributed by atoms with E-state index in [0.717, 1.165) is 30.8 Å². The lowest BCUT2D eigenvalue weighted by Gasteiger charge is -2.61. The smallest absolute Gasteiger partial charge is 0.155 e. The van der Waals surface area contributed by atoms with Gasteiger partial charge in [-0.15, -0.1) is 0 Å². The molecule has 6 unspecified atom stereocenters. The summed E-state index contributed by atoms with van der Waals surface area (Å²) in [4.78, 5) is 12.1. The summed E-state index contributed by atoms with van der Waals surface area (Å²) in [5, 5.41) is 22.9. The highest BCUT2D eigenvalue weighted by Crippen LogP contribution is 2.67. The molecule has 170 valence electrons. The summed E-state index contributed by atoms with van der Waals surface area (Å²) in [5.74, 6) is 3.11. The number of hydrogen-bond donors (Lipinski definition) is 2. The van der Waals surface area contributed by atoms with Crippen molar-refractivity contribution < 1.29 is 15.0 Å². The van der Waals surface area contributed by atoms with E-state index in [1.807, 2.05) is 6.08 Å². The molecule has 0 bridgehead atoms. The third-order valence-electron chi connectivity index (χ3n) is 10.3. The molecule has 0 amide bonds. The lowest BCUT2D eigenvalue weighted by atomic mass is 9.45. The third-order valence-corrected chi connectivity index (χ3v) is 10.3. The van der Waals surface area contributed by atoms with Crippen molar-refractivity contribution in [1.29, 1.82) is 0 Å². The molecule has 0 aromatic heterocycles. The largest absolute Gasteiger partial charge is 0.393 e. The zero-order chi connectivity index (χ0) is 21.8. The van der Waals surface area contributed by atoms with Crippen LogP contribution in [0, 0.1) is 46.3 Å². The molecule has 0 spiro atoms. The molecular formula is C27H44O3. The van der Waals surface area contributed by atoms with E-state index in [1.54, 1.807) is 0 Å². The van der Waals surface area contributed by atoms with E-state index in [1.165, 1.54) is 25.7 Å². The van der Waals surface area contributed by atoms with Crippen molar-refractivity contribution in [3.8, 4) is 0 Å². The minimum Gasteiger partial charge on any atom is -0.393 e. The molecule has 0 heterocycles. The molecule has 2 N–H and O–H groups in total. The van der Waals surface area contributed by atoms with Gasteiger partial charge in [0, 0.05) is 6.42 Å². The van der Waals surface area contributed by atoms with E-state index in [0.29, 0.717) is 36.5 Å². The van der Waals surface area contributed by atoms with Crippen LogP contribution in [-0.2, 0) is 4.79 Å². The van der Waals surface area contributed by atoms with E-state index < -0.39 is 0 Å². The Morgan fingerprint density at radius 2 is 1.83 bits per heavy atom. The molecule has 4 rings (SSSR count). The van der Waals surface area contributed by atoms with Gasteiger partial charge in [0.2, 0.25) is 0 Å². The van der Waals surface area contributed by atoms with E-state index in [-0.39, 0.29) is 34.7 Å². The van der Waals surface area contributed by atoms with E-state index in [4.69, 9.17) is 0 Å². The topological polar surface area (TPSA) is 57.5 Å². The van der Waals surface area contributed by atoms with Crippen LogP contribution < -0.4 is 0 Å². The van der Waals surface area contributed by atoms with Crippen molar-refractivity contribution in [2.45, 2.75) is 105 Å². The van der Waals surface area contributed by atoms with E-state index in [2.05, 4.69) is 34.6 Å². The first-order valence-corrected chi connectivity index (χ1v) is 12.7. The summed E-state index contributed by atoms with van der Waals surface area (Å²) in [6.45, 7) is 11.7. The Hall–Kier alpha value is -0.670. The highest BCUT2D eigenvalue weighted by atomic mass is 16.3. The first kappa shape index (κ1) is 22.5. The molecular weight excluding hydrogens is 372 g/mol. The van der Waals surface area contributed by atoms with Gasteiger partial charge in [-0.3, -0.25) is 4.79 Å². The molecule has 3 nitrogen and oxygen atoms in total. The predicted octanol–water partition coefficient (Wildman–Crippen LogP) is 5.54. The minimum atomic E-state index is -0.368. The SMILES string of the molecule is CC(C)CCCC(C)C1CCC2C3C(CC(O)[C@]12C)[C@@]1(C)CCC(=O)C=C1C[C@H]3O. The monoisotopic (exact) mass is 416 g/mol. The molecule has 3 heteroatoms. The average molecular weight is 417 g/mol. The van der Waals surface area contributed by atoms with Crippen LogP contribution in [0.5, 0.6) is 0 Å². The van der Waals surface area contributed by atoms with Gasteiger partial charge in [0.25, 0.3) is 0 Å². The Kier molecular flexibility index (Phi) is 6.03. The van der Waals surface area contributed by atoms with Gasteiger partial charge >= 0.3 is 0 Å². The van der Waals surface area contributed by atoms with Gasteiger partial charge in [0.05, 0.1) is 12.2 Å². The third kappa shape index (κ3) is 3.43. The van der Waals surface area contributed by atoms with Gasteiger partial charge in [-0.05, 0) is 84.5 Å². The minimum absolute atomic E-state index is 0.0267. The van der Waals surface area contributed by atoms with Crippen molar-refractivity contribution in [3.63, 3.8) is 0 Å². The van der Waals surface area contributed by atoms with Crippen LogP contribution in [0.4, 0.5) is 0 Å². The Morgan fingerprint density at radius 3 is 2.53 bits per heavy atom. The highest BCUT2D eigenvalue weighted by molar-refractivity contribution is 5.91. The molecule has 30 heavy (non-hydrogen) atoms. The molecule has 4 aliphatic rings. The van der Waals surface area contributed by atoms with Crippen LogP contribution in [-0.4, -0.2) is 28.2 Å². The lowest BCUT2D eigenvalue weighted by molar-refractivity contribution is -0.168. The standard InChI is InChI=1S/C27H44O3/c1-16(2)7-6-8-17(3)20-9-10-21-25-22(15-24(30)27(20,21)5)26(4)12-11-19(28)13-18(26)14-23(25)29/h13,16-17,20-25,29-30H,6-12,14-15H2,1-5H3/t17?,20?,21?,22?,23-,24?,25?,26+,27-/m1/s1. The fourth-order valence-electron chi connectivity index (χ4n) is 8.51. The van der Waals surface area contributed by atoms with Crippen molar-refractivity contribution in [3.05, 3.63) is 11.6 Å². The van der Waals surface area contributed by atoms with Gasteiger partial charge in [-0.25, -0.2) is 0 Å². The second-order valence-corrected chi connectivity index (χ2v) is 12.2. The fourth-order valence-corrected chi connectivity index (χ4v) is 8.51. The predicted molar refractivity (Wildman–Crippen MR) is 121 cm³/mol. The Balaban J connectivity index is 1.59. The molecule has 9 atom stereocenters. The van der Waals surface area contributed by atoms with Crippen LogP contribution in [0.1, 0.15) is 92.4 Å². The Labute approximate surface area is 183 Å². The average Bonchev–Trinajstić information content (AvgIpc) is 3.02. The van der Waals surface area contributed by atoms with Crippen molar-refractivity contribution in [2.75, 3.05) is 0 Å². The number of carbonyl (C=O) groups excluding carboxylic acids is 1. The zero-order valence-corrected chi connectivity index (χ0v) is 19.9. The molecule has 0 aromatic rings. The van der Waals surface area contributed by atoms with Crippen molar-refractivity contribution >= 4 is 5.78 Å². The van der Waals surface area contributed by atoms with E-state index >= 15 is 0 Å². The van der Waals surface area contributed by atoms with Crippen LogP contribution in [0.3, 0.4) is 0 Å². The van der Waals surface area contributed by atoms with Crippen LogP contribution in [0.25, 0.3) is 0 Å². The summed E-state index contributed by atoms with van der Waals surface area (Å²) < 4.78 is 0. The second kappa shape index (κ2) is 8.03. The number of fused-ring (bicyclic) bond motifs is 5. The number of carbonyl (C=O) groups is 1. The number of hydrogen-bond acceptors (Lipinski definition) is 3. The fraction of sp³-hybridized carbons (Fsp3) is 0.889. The van der Waals surface area contributed by atoms with Crippen LogP contribution >= 0.6 is 0 Å². The maximum Gasteiger partial charge on any atom is 0.155 e. The molecule has 0 aliphatic heterocycles. The second-order valence-electron chi connectivity index (χ2n) is 12.2. The van der Waals surface area contributed by atoms with Gasteiger partial charge in [-0.2, -0.15) is 0 Å². The number of rotatable bonds is 5. The number of aliphatic hydroxyl groups excluding tert-OH is 2. The molecule has 0 radical (unpaired) electrons. The highest BCUT2D eigenvalue weighted by Gasteiger charge is 2.64. The number of ketones is 1. The quantitative estimate of drug-likeness (QED) is 0.619. The van der Waals surface area contributed by atoms with Crippen LogP contribution in [0.2, 0.25) is 0 Å². The summed E-state index contributed by atoms with van der Waals surface area (Å²) in [6, 6.07) is 0. The maximum atomic E-state index is 12.1. The molecule has 4 aliphatic carbocycles. The Morgan fingerprint density at radius 1 is 1.10 bits per heavy atom. The maximum absolute atomic E-state index is 12.1. The molecule has 3 saturated carbocycles. The summed E-state index contributed by atoms with van der Waals surface area (Å²) in [5.41, 5.74) is 1.04.